The summed E-state index contributed by atoms with van der Waals surface area (Å²) in [6, 6.07) is 12.0. The van der Waals surface area contributed by atoms with E-state index in [4.69, 9.17) is 9.47 Å². The highest BCUT2D eigenvalue weighted by Crippen LogP contribution is 2.37. The van der Waals surface area contributed by atoms with Crippen LogP contribution in [-0.2, 0) is 12.8 Å². The molecule has 6 nitrogen and oxygen atoms in total. The minimum Gasteiger partial charge on any atom is -0.504 e. The number of benzene rings is 2. The van der Waals surface area contributed by atoms with E-state index < -0.39 is 0 Å². The second-order valence-electron chi connectivity index (χ2n) is 9.62. The number of unbranched alkanes of at least 4 members (excludes halogenated alkanes) is 3. The average Bonchev–Trinajstić information content (AvgIpc) is 2.87. The van der Waals surface area contributed by atoms with Crippen molar-refractivity contribution in [1.29, 1.82) is 0 Å². The van der Waals surface area contributed by atoms with Gasteiger partial charge < -0.3 is 29.9 Å². The first-order valence-corrected chi connectivity index (χ1v) is 13.0. The fraction of sp³-hybridized carbons (Fsp3) is 0.571. The van der Waals surface area contributed by atoms with E-state index in [1.165, 1.54) is 31.2 Å². The number of hydrogen-bond acceptors (Lipinski definition) is 6. The molecule has 0 radical (unpaired) electrons. The molecule has 0 saturated heterocycles. The van der Waals surface area contributed by atoms with E-state index in [2.05, 4.69) is 17.1 Å². The van der Waals surface area contributed by atoms with Crippen LogP contribution in [0.3, 0.4) is 0 Å². The van der Waals surface area contributed by atoms with Crippen molar-refractivity contribution in [2.24, 2.45) is 0 Å². The summed E-state index contributed by atoms with van der Waals surface area (Å²) in [7, 11) is 0. The minimum atomic E-state index is 0. The number of nitrogens with zero attached hydrogens (tertiary/aromatic N) is 1. The molecule has 0 bridgehead atoms. The van der Waals surface area contributed by atoms with Gasteiger partial charge in [-0.05, 0) is 81.9 Å². The van der Waals surface area contributed by atoms with Crippen LogP contribution in [0.15, 0.2) is 36.4 Å². The van der Waals surface area contributed by atoms with Crippen LogP contribution >= 0.6 is 24.8 Å². The Morgan fingerprint density at radius 3 is 2.56 bits per heavy atom. The van der Waals surface area contributed by atoms with Crippen molar-refractivity contribution in [1.82, 2.24) is 10.2 Å². The third-order valence-electron chi connectivity index (χ3n) is 7.06. The largest absolute Gasteiger partial charge is 0.504 e. The normalized spacial score (nSPS) is 18.2. The molecule has 3 N–H and O–H groups in total. The van der Waals surface area contributed by atoms with E-state index in [0.29, 0.717) is 12.6 Å². The monoisotopic (exact) mass is 540 g/mol. The first-order chi connectivity index (χ1) is 16.7. The van der Waals surface area contributed by atoms with Crippen molar-refractivity contribution >= 4 is 24.8 Å². The van der Waals surface area contributed by atoms with Gasteiger partial charge in [-0.15, -0.1) is 24.8 Å². The van der Waals surface area contributed by atoms with Gasteiger partial charge in [-0.3, -0.25) is 0 Å². The number of nitrogens with one attached hydrogen (secondary N) is 1. The zero-order valence-corrected chi connectivity index (χ0v) is 22.9. The predicted octanol–water partition coefficient (Wildman–Crippen LogP) is 5.50. The van der Waals surface area contributed by atoms with Crippen molar-refractivity contribution < 1.29 is 19.7 Å². The molecule has 4 rings (SSSR count). The molecule has 1 aliphatic carbocycles. The zero-order valence-electron chi connectivity index (χ0n) is 21.3. The van der Waals surface area contributed by atoms with E-state index in [1.807, 2.05) is 30.3 Å². The fourth-order valence-corrected chi connectivity index (χ4v) is 5.22. The van der Waals surface area contributed by atoms with Gasteiger partial charge in [0.2, 0.25) is 0 Å². The number of aromatic hydroxyl groups is 2. The average molecular weight is 542 g/mol. The van der Waals surface area contributed by atoms with Gasteiger partial charge in [0, 0.05) is 18.2 Å². The first-order valence-electron chi connectivity index (χ1n) is 13.0. The number of hydrogen-bond donors (Lipinski definition) is 3. The van der Waals surface area contributed by atoms with Gasteiger partial charge in [0.05, 0.1) is 0 Å². The maximum absolute atomic E-state index is 10.2. The second kappa shape index (κ2) is 15.4. The van der Waals surface area contributed by atoms with Crippen molar-refractivity contribution in [2.45, 2.75) is 70.4 Å². The van der Waals surface area contributed by atoms with Crippen LogP contribution in [0.2, 0.25) is 0 Å². The van der Waals surface area contributed by atoms with Gasteiger partial charge in [0.15, 0.2) is 23.0 Å². The van der Waals surface area contributed by atoms with Gasteiger partial charge in [-0.1, -0.05) is 38.0 Å². The highest BCUT2D eigenvalue weighted by Gasteiger charge is 2.26. The molecule has 202 valence electrons. The third kappa shape index (κ3) is 8.07. The minimum absolute atomic E-state index is 0. The molecule has 1 heterocycles. The maximum atomic E-state index is 10.2. The molecule has 1 unspecified atom stereocenters. The van der Waals surface area contributed by atoms with Crippen molar-refractivity contribution in [3.05, 3.63) is 47.5 Å². The van der Waals surface area contributed by atoms with E-state index in [-0.39, 0.29) is 42.4 Å². The molecule has 2 atom stereocenters. The van der Waals surface area contributed by atoms with Crippen LogP contribution < -0.4 is 14.8 Å². The molecule has 8 heteroatoms. The van der Waals surface area contributed by atoms with Crippen LogP contribution in [0, 0.1) is 0 Å². The smallest absolute Gasteiger partial charge is 0.161 e. The summed E-state index contributed by atoms with van der Waals surface area (Å²) in [6.07, 6.45) is 8.96. The van der Waals surface area contributed by atoms with Crippen LogP contribution in [0.5, 0.6) is 23.0 Å². The van der Waals surface area contributed by atoms with E-state index in [0.717, 1.165) is 68.9 Å². The summed E-state index contributed by atoms with van der Waals surface area (Å²) in [5, 5.41) is 23.5. The molecule has 1 aliphatic heterocycles. The van der Waals surface area contributed by atoms with Crippen LogP contribution in [0.1, 0.15) is 56.6 Å². The summed E-state index contributed by atoms with van der Waals surface area (Å²) >= 11 is 0. The Morgan fingerprint density at radius 2 is 1.75 bits per heavy atom. The summed E-state index contributed by atoms with van der Waals surface area (Å²) in [5.74, 6) is 1.76. The van der Waals surface area contributed by atoms with E-state index in [1.54, 1.807) is 6.07 Å². The number of rotatable bonds is 12. The van der Waals surface area contributed by atoms with Gasteiger partial charge in [-0.25, -0.2) is 0 Å². The zero-order chi connectivity index (χ0) is 23.8. The lowest BCUT2D eigenvalue weighted by Gasteiger charge is -2.35. The molecule has 0 saturated carbocycles. The van der Waals surface area contributed by atoms with Crippen LogP contribution in [-0.4, -0.2) is 60.0 Å². The molecule has 0 spiro atoms. The standard InChI is InChI=1S/C28H40N2O4.2ClH/c1-2-16-30(22-12-13-24-21(18-22)11-14-25(31)28(24)32)17-8-4-3-7-15-29-19-23-20-33-26-9-5-6-10-27(26)34-23;;/h5-6,9-11,14,22-23,29,31-32H,2-4,7-8,12-13,15-20H2,1H3;2*1H/t22-,23?;;/m0../s1. The first kappa shape index (κ1) is 30.4. The Labute approximate surface area is 228 Å². The lowest BCUT2D eigenvalue weighted by Crippen LogP contribution is -2.40. The fourth-order valence-electron chi connectivity index (χ4n) is 5.22. The topological polar surface area (TPSA) is 74.2 Å². The number of phenols is 2. The molecule has 0 aromatic heterocycles. The summed E-state index contributed by atoms with van der Waals surface area (Å²) in [4.78, 5) is 2.64. The molecule has 2 aromatic carbocycles. The number of halogens is 2. The van der Waals surface area contributed by atoms with Gasteiger partial charge in [0.25, 0.3) is 0 Å². The van der Waals surface area contributed by atoms with Crippen molar-refractivity contribution in [3.63, 3.8) is 0 Å². The number of para-hydroxylation sites is 2. The van der Waals surface area contributed by atoms with Crippen molar-refractivity contribution in [2.75, 3.05) is 32.8 Å². The van der Waals surface area contributed by atoms with Gasteiger partial charge in [0.1, 0.15) is 12.7 Å². The van der Waals surface area contributed by atoms with Crippen molar-refractivity contribution in [3.8, 4) is 23.0 Å². The lowest BCUT2D eigenvalue weighted by atomic mass is 9.86. The summed E-state index contributed by atoms with van der Waals surface area (Å²) in [6.45, 7) is 6.93. The summed E-state index contributed by atoms with van der Waals surface area (Å²) < 4.78 is 11.8. The number of fused-ring (bicyclic) bond motifs is 2. The molecule has 0 fully saturated rings. The third-order valence-corrected chi connectivity index (χ3v) is 7.06. The predicted molar refractivity (Wildman–Crippen MR) is 150 cm³/mol. The number of ether oxygens (including phenoxy) is 2. The Balaban J connectivity index is 0.00000228. The molecule has 36 heavy (non-hydrogen) atoms. The summed E-state index contributed by atoms with van der Waals surface area (Å²) in [5.41, 5.74) is 2.13. The molecule has 2 aliphatic rings. The van der Waals surface area contributed by atoms with Crippen LogP contribution in [0.4, 0.5) is 0 Å². The number of phenolic OH excluding ortho intramolecular Hbond substituents is 2. The molecular formula is C28H42Cl2N2O4. The second-order valence-corrected chi connectivity index (χ2v) is 9.62. The Bertz CT molecular complexity index is 930. The molecule has 2 aromatic rings. The highest BCUT2D eigenvalue weighted by atomic mass is 35.5. The highest BCUT2D eigenvalue weighted by molar-refractivity contribution is 5.85. The van der Waals surface area contributed by atoms with E-state index >= 15 is 0 Å². The maximum Gasteiger partial charge on any atom is 0.161 e. The SMILES string of the molecule is CCCN(CCCCCCNCC1COc2ccccc2O1)[C@H]1CCc2c(ccc(O)c2O)C1.Cl.Cl. The lowest BCUT2D eigenvalue weighted by molar-refractivity contribution is 0.0905. The Kier molecular flexibility index (Phi) is 13.0. The van der Waals surface area contributed by atoms with Gasteiger partial charge in [-0.2, -0.15) is 0 Å². The Hall–Kier alpha value is -1.86. The van der Waals surface area contributed by atoms with Crippen LogP contribution in [0.25, 0.3) is 0 Å². The molecule has 0 amide bonds. The van der Waals surface area contributed by atoms with Gasteiger partial charge >= 0.3 is 0 Å². The molecular weight excluding hydrogens is 499 g/mol. The Morgan fingerprint density at radius 1 is 0.972 bits per heavy atom. The quantitative estimate of drug-likeness (QED) is 0.244. The van der Waals surface area contributed by atoms with E-state index in [9.17, 15) is 10.2 Å².